The van der Waals surface area contributed by atoms with Gasteiger partial charge in [-0.15, -0.1) is 0 Å². The molecule has 1 unspecified atom stereocenters. The monoisotopic (exact) mass is 293 g/mol. The van der Waals surface area contributed by atoms with Crippen molar-refractivity contribution in [3.8, 4) is 5.75 Å². The summed E-state index contributed by atoms with van der Waals surface area (Å²) in [6.45, 7) is -0.396. The van der Waals surface area contributed by atoms with Crippen LogP contribution in [0.15, 0.2) is 30.3 Å². The number of alkyl halides is 3. The van der Waals surface area contributed by atoms with Gasteiger partial charge in [0, 0.05) is 0 Å². The van der Waals surface area contributed by atoms with E-state index in [-0.39, 0.29) is 13.2 Å². The lowest BCUT2D eigenvalue weighted by Crippen LogP contribution is -2.38. The third kappa shape index (κ3) is 5.89. The normalized spacial score (nSPS) is 13.0. The summed E-state index contributed by atoms with van der Waals surface area (Å²) in [5.41, 5.74) is 5.03. The van der Waals surface area contributed by atoms with E-state index in [1.165, 1.54) is 0 Å². The molecule has 0 saturated carbocycles. The molecule has 1 aromatic carbocycles. The number of ether oxygens (including phenoxy) is 2. The van der Waals surface area contributed by atoms with Crippen molar-refractivity contribution < 1.29 is 22.6 Å². The van der Waals surface area contributed by atoms with Crippen LogP contribution in [0.4, 0.5) is 13.2 Å². The molecular formula is C12H14F3NO2S. The van der Waals surface area contributed by atoms with Gasteiger partial charge in [0.25, 0.3) is 0 Å². The summed E-state index contributed by atoms with van der Waals surface area (Å²) in [5, 5.41) is 0. The number of halogens is 3. The van der Waals surface area contributed by atoms with Crippen molar-refractivity contribution in [1.29, 1.82) is 0 Å². The molecule has 0 aliphatic carbocycles. The molecular weight excluding hydrogens is 279 g/mol. The Labute approximate surface area is 114 Å². The Kier molecular flexibility index (Phi) is 6.04. The number of thiocarbonyl (C=S) groups is 1. The molecule has 0 aliphatic heterocycles. The van der Waals surface area contributed by atoms with Crippen LogP contribution in [-0.2, 0) is 4.74 Å². The first-order valence-corrected chi connectivity index (χ1v) is 5.93. The van der Waals surface area contributed by atoms with Crippen molar-refractivity contribution in [2.24, 2.45) is 11.7 Å². The van der Waals surface area contributed by atoms with E-state index in [1.54, 1.807) is 24.3 Å². The molecule has 0 aromatic heterocycles. The van der Waals surface area contributed by atoms with E-state index in [9.17, 15) is 13.2 Å². The molecule has 1 aromatic rings. The zero-order chi connectivity index (χ0) is 14.3. The minimum Gasteiger partial charge on any atom is -0.491 e. The molecule has 0 amide bonds. The Morgan fingerprint density at radius 2 is 1.84 bits per heavy atom. The molecule has 0 bridgehead atoms. The molecule has 0 aliphatic rings. The van der Waals surface area contributed by atoms with Gasteiger partial charge in [-0.2, -0.15) is 13.2 Å². The average Bonchev–Trinajstić information content (AvgIpc) is 2.32. The van der Waals surface area contributed by atoms with Gasteiger partial charge < -0.3 is 15.2 Å². The molecule has 0 saturated heterocycles. The van der Waals surface area contributed by atoms with Gasteiger partial charge in [-0.05, 0) is 12.1 Å². The summed E-state index contributed by atoms with van der Waals surface area (Å²) >= 11 is 4.37. The summed E-state index contributed by atoms with van der Waals surface area (Å²) in [6.07, 6.45) is -4.48. The molecule has 2 N–H and O–H groups in total. The number of rotatable bonds is 7. The second kappa shape index (κ2) is 7.30. The van der Waals surface area contributed by atoms with Gasteiger partial charge in [-0.25, -0.2) is 0 Å². The van der Waals surface area contributed by atoms with Crippen LogP contribution in [0, 0.1) is 5.92 Å². The lowest BCUT2D eigenvalue weighted by molar-refractivity contribution is -0.167. The van der Waals surface area contributed by atoms with Gasteiger partial charge >= 0.3 is 6.18 Å². The maximum atomic E-state index is 12.5. The highest BCUT2D eigenvalue weighted by Gasteiger charge is 2.41. The fraction of sp³-hybridized carbons (Fsp3) is 0.417. The lowest BCUT2D eigenvalue weighted by atomic mass is 10.1. The predicted octanol–water partition coefficient (Wildman–Crippen LogP) is 2.55. The number of benzene rings is 1. The van der Waals surface area contributed by atoms with Crippen LogP contribution >= 0.6 is 12.2 Å². The summed E-state index contributed by atoms with van der Waals surface area (Å²) < 4.78 is 47.6. The van der Waals surface area contributed by atoms with Crippen molar-refractivity contribution in [1.82, 2.24) is 0 Å². The molecule has 0 heterocycles. The summed E-state index contributed by atoms with van der Waals surface area (Å²) in [5.74, 6) is -1.29. The van der Waals surface area contributed by atoms with Crippen LogP contribution < -0.4 is 10.5 Å². The molecule has 106 valence electrons. The minimum atomic E-state index is -4.48. The van der Waals surface area contributed by atoms with Crippen molar-refractivity contribution in [2.45, 2.75) is 6.18 Å². The average molecular weight is 293 g/mol. The zero-order valence-electron chi connectivity index (χ0n) is 10.0. The Bertz CT molecular complexity index is 398. The topological polar surface area (TPSA) is 44.5 Å². The van der Waals surface area contributed by atoms with Crippen LogP contribution in [0.1, 0.15) is 0 Å². The second-order valence-corrected chi connectivity index (χ2v) is 4.20. The van der Waals surface area contributed by atoms with Gasteiger partial charge in [-0.3, -0.25) is 0 Å². The van der Waals surface area contributed by atoms with E-state index in [2.05, 4.69) is 12.2 Å². The van der Waals surface area contributed by atoms with Gasteiger partial charge in [0.2, 0.25) is 0 Å². The zero-order valence-corrected chi connectivity index (χ0v) is 10.8. The molecule has 0 spiro atoms. The highest BCUT2D eigenvalue weighted by molar-refractivity contribution is 7.80. The number of hydrogen-bond donors (Lipinski definition) is 1. The Morgan fingerprint density at radius 1 is 1.21 bits per heavy atom. The van der Waals surface area contributed by atoms with Gasteiger partial charge in [0.1, 0.15) is 18.3 Å². The van der Waals surface area contributed by atoms with E-state index in [4.69, 9.17) is 15.2 Å². The minimum absolute atomic E-state index is 0.0318. The molecule has 1 rings (SSSR count). The summed E-state index contributed by atoms with van der Waals surface area (Å²) in [7, 11) is 0. The number of hydrogen-bond acceptors (Lipinski definition) is 3. The maximum absolute atomic E-state index is 12.5. The fourth-order valence-electron chi connectivity index (χ4n) is 1.27. The molecule has 3 nitrogen and oxygen atoms in total. The second-order valence-electron chi connectivity index (χ2n) is 3.73. The van der Waals surface area contributed by atoms with Gasteiger partial charge in [0.15, 0.2) is 0 Å². The quantitative estimate of drug-likeness (QED) is 0.620. The maximum Gasteiger partial charge on any atom is 0.400 e. The molecule has 1 atom stereocenters. The molecule has 0 fully saturated rings. The van der Waals surface area contributed by atoms with Crippen LogP contribution in [0.25, 0.3) is 0 Å². The third-order valence-electron chi connectivity index (χ3n) is 2.26. The third-order valence-corrected chi connectivity index (χ3v) is 2.55. The fourth-order valence-corrected chi connectivity index (χ4v) is 1.48. The van der Waals surface area contributed by atoms with E-state index in [0.717, 1.165) is 0 Å². The van der Waals surface area contributed by atoms with E-state index in [0.29, 0.717) is 5.75 Å². The standard InChI is InChI=1S/C12H14F3NO2S/c13-12(14,15)10(11(16)19)8-17-6-7-18-9-4-2-1-3-5-9/h1-5,10H,6-8H2,(H2,16,19). The van der Waals surface area contributed by atoms with Crippen molar-refractivity contribution in [3.05, 3.63) is 30.3 Å². The van der Waals surface area contributed by atoms with E-state index >= 15 is 0 Å². The Morgan fingerprint density at radius 3 is 2.37 bits per heavy atom. The van der Waals surface area contributed by atoms with Crippen LogP contribution in [-0.4, -0.2) is 31.0 Å². The summed E-state index contributed by atoms with van der Waals surface area (Å²) in [4.78, 5) is -0.614. The van der Waals surface area contributed by atoms with Crippen LogP contribution in [0.2, 0.25) is 0 Å². The number of nitrogens with two attached hydrogens (primary N) is 1. The van der Waals surface area contributed by atoms with Crippen LogP contribution in [0.5, 0.6) is 5.75 Å². The number of para-hydroxylation sites is 1. The largest absolute Gasteiger partial charge is 0.491 e. The van der Waals surface area contributed by atoms with E-state index < -0.39 is 23.7 Å². The van der Waals surface area contributed by atoms with Crippen molar-refractivity contribution in [2.75, 3.05) is 19.8 Å². The SMILES string of the molecule is NC(=S)C(COCCOc1ccccc1)C(F)(F)F. The smallest absolute Gasteiger partial charge is 0.400 e. The van der Waals surface area contributed by atoms with Crippen LogP contribution in [0.3, 0.4) is 0 Å². The predicted molar refractivity (Wildman–Crippen MR) is 69.1 cm³/mol. The first kappa shape index (κ1) is 15.7. The Hall–Kier alpha value is -1.34. The highest BCUT2D eigenvalue weighted by atomic mass is 32.1. The van der Waals surface area contributed by atoms with Crippen molar-refractivity contribution in [3.63, 3.8) is 0 Å². The molecule has 0 radical (unpaired) electrons. The molecule has 7 heteroatoms. The summed E-state index contributed by atoms with van der Waals surface area (Å²) in [6, 6.07) is 8.91. The highest BCUT2D eigenvalue weighted by Crippen LogP contribution is 2.26. The first-order chi connectivity index (χ1) is 8.91. The van der Waals surface area contributed by atoms with E-state index in [1.807, 2.05) is 6.07 Å². The van der Waals surface area contributed by atoms with Crippen molar-refractivity contribution >= 4 is 17.2 Å². The Balaban J connectivity index is 2.25. The first-order valence-electron chi connectivity index (χ1n) is 5.53. The van der Waals surface area contributed by atoms with Gasteiger partial charge in [-0.1, -0.05) is 30.4 Å². The molecule has 19 heavy (non-hydrogen) atoms. The lowest BCUT2D eigenvalue weighted by Gasteiger charge is -2.18. The van der Waals surface area contributed by atoms with Gasteiger partial charge in [0.05, 0.1) is 18.2 Å².